The summed E-state index contributed by atoms with van der Waals surface area (Å²) in [5, 5.41) is 0.327. The molecule has 3 N–H and O–H groups in total. The molecule has 2 aromatic carbocycles. The van der Waals surface area contributed by atoms with Crippen molar-refractivity contribution in [3.05, 3.63) is 69.2 Å². The standard InChI is InChI=1S/C14H12Cl2F2N2/c15-10-3-1-8(13(18)7-10)6-14(20-19)9-2-4-12(17)11(16)5-9/h1-5,7,14,20H,6,19H2. The number of nitrogens with two attached hydrogens (primary N) is 1. The summed E-state index contributed by atoms with van der Waals surface area (Å²) in [7, 11) is 0. The Morgan fingerprint density at radius 1 is 1.05 bits per heavy atom. The quantitative estimate of drug-likeness (QED) is 0.660. The maximum Gasteiger partial charge on any atom is 0.141 e. The summed E-state index contributed by atoms with van der Waals surface area (Å²) in [6.45, 7) is 0. The van der Waals surface area contributed by atoms with Gasteiger partial charge in [-0.3, -0.25) is 11.3 Å². The number of hydrazine groups is 1. The average molecular weight is 317 g/mol. The maximum atomic E-state index is 13.8. The third-order valence-corrected chi connectivity index (χ3v) is 3.51. The molecule has 20 heavy (non-hydrogen) atoms. The van der Waals surface area contributed by atoms with E-state index < -0.39 is 11.6 Å². The summed E-state index contributed by atoms with van der Waals surface area (Å²) >= 11 is 11.4. The fraction of sp³-hybridized carbons (Fsp3) is 0.143. The summed E-state index contributed by atoms with van der Waals surface area (Å²) in [5.41, 5.74) is 3.71. The van der Waals surface area contributed by atoms with Crippen LogP contribution in [0, 0.1) is 11.6 Å². The van der Waals surface area contributed by atoms with E-state index in [0.717, 1.165) is 0 Å². The summed E-state index contributed by atoms with van der Waals surface area (Å²) in [6.07, 6.45) is 0.293. The molecule has 0 bridgehead atoms. The molecule has 2 nitrogen and oxygen atoms in total. The second-order valence-corrected chi connectivity index (χ2v) is 5.18. The van der Waals surface area contributed by atoms with Gasteiger partial charge in [0.2, 0.25) is 0 Å². The van der Waals surface area contributed by atoms with Gasteiger partial charge in [0.1, 0.15) is 11.6 Å². The van der Waals surface area contributed by atoms with Crippen LogP contribution in [0.25, 0.3) is 0 Å². The number of benzene rings is 2. The van der Waals surface area contributed by atoms with Crippen molar-refractivity contribution in [3.8, 4) is 0 Å². The van der Waals surface area contributed by atoms with Crippen molar-refractivity contribution in [1.29, 1.82) is 0 Å². The Morgan fingerprint density at radius 3 is 2.40 bits per heavy atom. The first-order valence-electron chi connectivity index (χ1n) is 5.86. The number of hydrogen-bond acceptors (Lipinski definition) is 2. The van der Waals surface area contributed by atoms with E-state index in [0.29, 0.717) is 22.6 Å². The van der Waals surface area contributed by atoms with Crippen molar-refractivity contribution in [2.24, 2.45) is 5.84 Å². The molecule has 2 aromatic rings. The van der Waals surface area contributed by atoms with Gasteiger partial charge < -0.3 is 0 Å². The molecule has 0 heterocycles. The summed E-state index contributed by atoms with van der Waals surface area (Å²) in [4.78, 5) is 0. The topological polar surface area (TPSA) is 38.0 Å². The molecule has 0 saturated heterocycles. The van der Waals surface area contributed by atoms with Crippen molar-refractivity contribution in [1.82, 2.24) is 5.43 Å². The molecule has 0 aromatic heterocycles. The van der Waals surface area contributed by atoms with Crippen molar-refractivity contribution in [3.63, 3.8) is 0 Å². The van der Waals surface area contributed by atoms with Gasteiger partial charge in [0.15, 0.2) is 0 Å². The zero-order valence-electron chi connectivity index (χ0n) is 10.3. The van der Waals surface area contributed by atoms with Crippen LogP contribution in [0.1, 0.15) is 17.2 Å². The largest absolute Gasteiger partial charge is 0.271 e. The number of rotatable bonds is 4. The third-order valence-electron chi connectivity index (χ3n) is 2.99. The summed E-state index contributed by atoms with van der Waals surface area (Å²) < 4.78 is 26.9. The number of halogens is 4. The molecule has 0 radical (unpaired) electrons. The monoisotopic (exact) mass is 316 g/mol. The molecule has 0 amide bonds. The molecule has 0 aliphatic rings. The molecule has 0 aliphatic carbocycles. The third kappa shape index (κ3) is 3.46. The van der Waals surface area contributed by atoms with Gasteiger partial charge >= 0.3 is 0 Å². The van der Waals surface area contributed by atoms with E-state index in [1.165, 1.54) is 18.2 Å². The highest BCUT2D eigenvalue weighted by Crippen LogP contribution is 2.25. The molecule has 106 valence electrons. The van der Waals surface area contributed by atoms with Crippen molar-refractivity contribution < 1.29 is 8.78 Å². The SMILES string of the molecule is NNC(Cc1ccc(Cl)cc1F)c1ccc(F)c(Cl)c1. The van der Waals surface area contributed by atoms with E-state index >= 15 is 0 Å². The zero-order valence-corrected chi connectivity index (χ0v) is 11.8. The number of nitrogens with one attached hydrogen (secondary N) is 1. The lowest BCUT2D eigenvalue weighted by Crippen LogP contribution is -2.29. The Kier molecular flexibility index (Phi) is 4.94. The Morgan fingerprint density at radius 2 is 1.80 bits per heavy atom. The summed E-state index contributed by atoms with van der Waals surface area (Å²) in [6, 6.07) is 8.32. The van der Waals surface area contributed by atoms with Crippen molar-refractivity contribution in [2.75, 3.05) is 0 Å². The second-order valence-electron chi connectivity index (χ2n) is 4.33. The molecule has 0 fully saturated rings. The molecule has 2 rings (SSSR count). The fourth-order valence-electron chi connectivity index (χ4n) is 1.91. The highest BCUT2D eigenvalue weighted by molar-refractivity contribution is 6.31. The Balaban J connectivity index is 2.26. The fourth-order valence-corrected chi connectivity index (χ4v) is 2.26. The van der Waals surface area contributed by atoms with Gasteiger partial charge in [-0.2, -0.15) is 0 Å². The minimum Gasteiger partial charge on any atom is -0.271 e. The van der Waals surface area contributed by atoms with Crippen molar-refractivity contribution in [2.45, 2.75) is 12.5 Å². The Hall–Kier alpha value is -1.20. The van der Waals surface area contributed by atoms with Gasteiger partial charge in [0, 0.05) is 5.02 Å². The molecule has 6 heteroatoms. The lowest BCUT2D eigenvalue weighted by molar-refractivity contribution is 0.527. The first-order chi connectivity index (χ1) is 9.51. The van der Waals surface area contributed by atoms with E-state index in [2.05, 4.69) is 5.43 Å². The molecular formula is C14H12Cl2F2N2. The lowest BCUT2D eigenvalue weighted by Gasteiger charge is -2.17. The Bertz CT molecular complexity index is 620. The van der Waals surface area contributed by atoms with Crippen LogP contribution in [-0.2, 0) is 6.42 Å². The smallest absolute Gasteiger partial charge is 0.141 e. The van der Waals surface area contributed by atoms with Crippen molar-refractivity contribution >= 4 is 23.2 Å². The van der Waals surface area contributed by atoms with Gasteiger partial charge in [0.05, 0.1) is 11.1 Å². The van der Waals surface area contributed by atoms with E-state index in [1.807, 2.05) is 0 Å². The van der Waals surface area contributed by atoms with E-state index in [1.54, 1.807) is 18.2 Å². The lowest BCUT2D eigenvalue weighted by atomic mass is 9.99. The van der Waals surface area contributed by atoms with Gasteiger partial charge in [-0.25, -0.2) is 8.78 Å². The molecular weight excluding hydrogens is 305 g/mol. The molecule has 1 unspecified atom stereocenters. The predicted octanol–water partition coefficient (Wildman–Crippen LogP) is 4.02. The van der Waals surface area contributed by atoms with Gasteiger partial charge in [-0.1, -0.05) is 35.3 Å². The van der Waals surface area contributed by atoms with E-state index in [-0.39, 0.29) is 11.1 Å². The number of hydrogen-bond donors (Lipinski definition) is 2. The molecule has 0 spiro atoms. The predicted molar refractivity (Wildman–Crippen MR) is 76.6 cm³/mol. The molecule has 0 saturated carbocycles. The van der Waals surface area contributed by atoms with Crippen LogP contribution in [0.2, 0.25) is 10.0 Å². The van der Waals surface area contributed by atoms with Gasteiger partial charge in [-0.15, -0.1) is 0 Å². The van der Waals surface area contributed by atoms with Crippen LogP contribution in [0.5, 0.6) is 0 Å². The minimum atomic E-state index is -0.510. The second kappa shape index (κ2) is 6.50. The van der Waals surface area contributed by atoms with Crippen LogP contribution in [0.15, 0.2) is 36.4 Å². The molecule has 0 aliphatic heterocycles. The molecule has 1 atom stereocenters. The normalized spacial score (nSPS) is 12.4. The highest BCUT2D eigenvalue weighted by Gasteiger charge is 2.15. The van der Waals surface area contributed by atoms with Crippen LogP contribution in [-0.4, -0.2) is 0 Å². The average Bonchev–Trinajstić information content (AvgIpc) is 2.41. The maximum absolute atomic E-state index is 13.8. The Labute approximate surface area is 125 Å². The zero-order chi connectivity index (χ0) is 14.7. The minimum absolute atomic E-state index is 0.000622. The first-order valence-corrected chi connectivity index (χ1v) is 6.62. The summed E-state index contributed by atoms with van der Waals surface area (Å²) in [5.74, 6) is 4.56. The van der Waals surface area contributed by atoms with Gasteiger partial charge in [-0.05, 0) is 41.8 Å². The van der Waals surface area contributed by atoms with E-state index in [4.69, 9.17) is 29.0 Å². The van der Waals surface area contributed by atoms with Gasteiger partial charge in [0.25, 0.3) is 0 Å². The highest BCUT2D eigenvalue weighted by atomic mass is 35.5. The van der Waals surface area contributed by atoms with Crippen LogP contribution >= 0.6 is 23.2 Å². The van der Waals surface area contributed by atoms with Crippen LogP contribution in [0.3, 0.4) is 0 Å². The van der Waals surface area contributed by atoms with Crippen LogP contribution < -0.4 is 11.3 Å². The van der Waals surface area contributed by atoms with Crippen LogP contribution in [0.4, 0.5) is 8.78 Å². The van der Waals surface area contributed by atoms with E-state index in [9.17, 15) is 8.78 Å². The first kappa shape index (κ1) is 15.2.